The van der Waals surface area contributed by atoms with Crippen LogP contribution in [0, 0.1) is 25.5 Å². The maximum Gasteiger partial charge on any atom is 0.274 e. The molecule has 4 aromatic rings. The first kappa shape index (κ1) is 24.8. The number of benzene rings is 1. The molecule has 1 aliphatic carbocycles. The van der Waals surface area contributed by atoms with Gasteiger partial charge in [-0.2, -0.15) is 0 Å². The van der Waals surface area contributed by atoms with E-state index in [4.69, 9.17) is 11.6 Å². The number of aryl methyl sites for hydroxylation is 2. The number of pyridine rings is 3. The quantitative estimate of drug-likeness (QED) is 0.378. The van der Waals surface area contributed by atoms with Gasteiger partial charge in [-0.3, -0.25) is 24.1 Å². The molecule has 5 rings (SSSR count). The molecule has 37 heavy (non-hydrogen) atoms. The SMILES string of the molecule is CNC(=O)c1cccc(-c2cc(-n3c(C)cc([C@H]4C[C@@H]4c4cncc(F)c4)c(Cl)c3=O)c(C)cn2)c1F. The van der Waals surface area contributed by atoms with Crippen molar-refractivity contribution in [3.8, 4) is 16.9 Å². The van der Waals surface area contributed by atoms with Gasteiger partial charge in [0, 0.05) is 30.7 Å². The fourth-order valence-electron chi connectivity index (χ4n) is 4.78. The van der Waals surface area contributed by atoms with Crippen molar-refractivity contribution in [2.75, 3.05) is 7.05 Å². The van der Waals surface area contributed by atoms with E-state index in [1.165, 1.54) is 29.8 Å². The second-order valence-corrected chi connectivity index (χ2v) is 9.56. The number of nitrogens with one attached hydrogen (secondary N) is 1. The van der Waals surface area contributed by atoms with Crippen LogP contribution in [0.2, 0.25) is 5.02 Å². The van der Waals surface area contributed by atoms with Gasteiger partial charge in [-0.25, -0.2) is 8.78 Å². The van der Waals surface area contributed by atoms with Crippen LogP contribution in [-0.4, -0.2) is 27.5 Å². The molecule has 0 saturated heterocycles. The number of hydrogen-bond acceptors (Lipinski definition) is 4. The molecule has 0 bridgehead atoms. The third kappa shape index (κ3) is 4.42. The van der Waals surface area contributed by atoms with Crippen LogP contribution in [0.25, 0.3) is 16.9 Å². The Labute approximate surface area is 217 Å². The van der Waals surface area contributed by atoms with Gasteiger partial charge in [0.15, 0.2) is 0 Å². The number of hydrogen-bond donors (Lipinski definition) is 1. The zero-order valence-electron chi connectivity index (χ0n) is 20.3. The second-order valence-electron chi connectivity index (χ2n) is 9.18. The summed E-state index contributed by atoms with van der Waals surface area (Å²) in [6.45, 7) is 3.60. The average Bonchev–Trinajstić information content (AvgIpc) is 3.68. The number of aromatic nitrogens is 3. The molecule has 9 heteroatoms. The van der Waals surface area contributed by atoms with Crippen LogP contribution in [0.15, 0.2) is 59.8 Å². The first-order valence-electron chi connectivity index (χ1n) is 11.7. The van der Waals surface area contributed by atoms with E-state index in [1.807, 2.05) is 6.07 Å². The highest BCUT2D eigenvalue weighted by Gasteiger charge is 2.42. The number of halogens is 3. The van der Waals surface area contributed by atoms with E-state index in [-0.39, 0.29) is 33.7 Å². The fraction of sp³-hybridized carbons (Fsp3) is 0.214. The van der Waals surface area contributed by atoms with Crippen LogP contribution < -0.4 is 10.9 Å². The Balaban J connectivity index is 1.56. The third-order valence-electron chi connectivity index (χ3n) is 6.77. The number of nitrogens with zero attached hydrogens (tertiary/aromatic N) is 3. The predicted octanol–water partition coefficient (Wildman–Crippen LogP) is 5.47. The molecule has 1 aliphatic rings. The topological polar surface area (TPSA) is 76.9 Å². The molecule has 6 nitrogen and oxygen atoms in total. The number of carbonyl (C=O) groups is 1. The first-order valence-corrected chi connectivity index (χ1v) is 12.1. The van der Waals surface area contributed by atoms with Crippen molar-refractivity contribution < 1.29 is 13.6 Å². The van der Waals surface area contributed by atoms with Gasteiger partial charge in [-0.05, 0) is 79.1 Å². The molecular weight excluding hydrogens is 498 g/mol. The minimum absolute atomic E-state index is 0.00667. The van der Waals surface area contributed by atoms with Crippen LogP contribution in [0.4, 0.5) is 8.78 Å². The van der Waals surface area contributed by atoms with Crippen LogP contribution in [0.5, 0.6) is 0 Å². The lowest BCUT2D eigenvalue weighted by atomic mass is 10.0. The number of rotatable bonds is 5. The minimum Gasteiger partial charge on any atom is -0.355 e. The molecule has 1 fully saturated rings. The summed E-state index contributed by atoms with van der Waals surface area (Å²) in [6, 6.07) is 9.44. The van der Waals surface area contributed by atoms with Crippen molar-refractivity contribution in [2.24, 2.45) is 0 Å². The lowest BCUT2D eigenvalue weighted by molar-refractivity contribution is 0.0959. The molecule has 188 valence electrons. The maximum absolute atomic E-state index is 15.2. The molecule has 0 aliphatic heterocycles. The summed E-state index contributed by atoms with van der Waals surface area (Å²) in [7, 11) is 1.43. The van der Waals surface area contributed by atoms with Gasteiger partial charge in [0.1, 0.15) is 16.7 Å². The van der Waals surface area contributed by atoms with E-state index in [2.05, 4.69) is 15.3 Å². The second kappa shape index (κ2) is 9.52. The molecular formula is C28H23ClF2N4O2. The maximum atomic E-state index is 15.2. The van der Waals surface area contributed by atoms with Gasteiger partial charge >= 0.3 is 0 Å². The number of carbonyl (C=O) groups excluding carboxylic acids is 1. The molecule has 0 spiro atoms. The largest absolute Gasteiger partial charge is 0.355 e. The van der Waals surface area contributed by atoms with Gasteiger partial charge < -0.3 is 5.32 Å². The van der Waals surface area contributed by atoms with Crippen molar-refractivity contribution in [2.45, 2.75) is 32.1 Å². The molecule has 0 unspecified atom stereocenters. The smallest absolute Gasteiger partial charge is 0.274 e. The summed E-state index contributed by atoms with van der Waals surface area (Å²) in [6.07, 6.45) is 5.09. The molecule has 1 amide bonds. The van der Waals surface area contributed by atoms with E-state index >= 15 is 4.39 Å². The Kier molecular flexibility index (Phi) is 6.37. The normalized spacial score (nSPS) is 16.5. The van der Waals surface area contributed by atoms with Crippen molar-refractivity contribution in [3.63, 3.8) is 0 Å². The van der Waals surface area contributed by atoms with E-state index in [0.717, 1.165) is 18.2 Å². The minimum atomic E-state index is -0.701. The summed E-state index contributed by atoms with van der Waals surface area (Å²) in [4.78, 5) is 33.8. The van der Waals surface area contributed by atoms with Crippen molar-refractivity contribution in [1.29, 1.82) is 0 Å². The Bertz CT molecular complexity index is 1620. The highest BCUT2D eigenvalue weighted by Crippen LogP contribution is 2.55. The lowest BCUT2D eigenvalue weighted by Crippen LogP contribution is -2.23. The van der Waals surface area contributed by atoms with Crippen molar-refractivity contribution in [3.05, 3.63) is 110 Å². The van der Waals surface area contributed by atoms with E-state index in [1.54, 1.807) is 38.4 Å². The predicted molar refractivity (Wildman–Crippen MR) is 137 cm³/mol. The van der Waals surface area contributed by atoms with E-state index < -0.39 is 23.1 Å². The molecule has 3 aromatic heterocycles. The number of amides is 1. The van der Waals surface area contributed by atoms with Gasteiger partial charge in [0.2, 0.25) is 0 Å². The van der Waals surface area contributed by atoms with Crippen LogP contribution in [0.3, 0.4) is 0 Å². The summed E-state index contributed by atoms with van der Waals surface area (Å²) >= 11 is 6.60. The highest BCUT2D eigenvalue weighted by atomic mass is 35.5. The van der Waals surface area contributed by atoms with Gasteiger partial charge in [-0.15, -0.1) is 0 Å². The third-order valence-corrected chi connectivity index (χ3v) is 7.15. The molecule has 3 heterocycles. The van der Waals surface area contributed by atoms with Crippen molar-refractivity contribution >= 4 is 17.5 Å². The molecule has 1 saturated carbocycles. The fourth-order valence-corrected chi connectivity index (χ4v) is 5.06. The molecule has 1 aromatic carbocycles. The summed E-state index contributed by atoms with van der Waals surface area (Å²) in [5.41, 5.74) is 3.24. The van der Waals surface area contributed by atoms with Crippen LogP contribution in [-0.2, 0) is 0 Å². The van der Waals surface area contributed by atoms with Gasteiger partial charge in [-0.1, -0.05) is 17.7 Å². The summed E-state index contributed by atoms with van der Waals surface area (Å²) in [5, 5.41) is 2.51. The first-order chi connectivity index (χ1) is 17.7. The Morgan fingerprint density at radius 2 is 1.89 bits per heavy atom. The van der Waals surface area contributed by atoms with Crippen LogP contribution in [0.1, 0.15) is 51.0 Å². The molecule has 0 radical (unpaired) electrons. The van der Waals surface area contributed by atoms with E-state index in [9.17, 15) is 14.0 Å². The standard InChI is InChI=1S/C28H23ClF2N4O2/c1-14-11-34-23(18-5-4-6-19(26(18)31)27(36)32-3)10-24(14)35-15(2)7-22(25(29)28(35)37)21-9-20(21)16-8-17(30)13-33-12-16/h4-8,10-13,20-21H,9H2,1-3H3,(H,32,36)/t20-,21+/m1/s1. The monoisotopic (exact) mass is 520 g/mol. The summed E-state index contributed by atoms with van der Waals surface area (Å²) in [5.74, 6) is -1.61. The Morgan fingerprint density at radius 1 is 1.11 bits per heavy atom. The average molecular weight is 521 g/mol. The Hall–Kier alpha value is -3.91. The van der Waals surface area contributed by atoms with Gasteiger partial charge in [0.25, 0.3) is 11.5 Å². The van der Waals surface area contributed by atoms with Crippen molar-refractivity contribution in [1.82, 2.24) is 19.9 Å². The van der Waals surface area contributed by atoms with E-state index in [0.29, 0.717) is 22.5 Å². The molecule has 2 atom stereocenters. The Morgan fingerprint density at radius 3 is 2.62 bits per heavy atom. The highest BCUT2D eigenvalue weighted by molar-refractivity contribution is 6.31. The van der Waals surface area contributed by atoms with Crippen LogP contribution >= 0.6 is 11.6 Å². The zero-order valence-corrected chi connectivity index (χ0v) is 21.1. The zero-order chi connectivity index (χ0) is 26.4. The lowest BCUT2D eigenvalue weighted by Gasteiger charge is -2.17. The van der Waals surface area contributed by atoms with Gasteiger partial charge in [0.05, 0.1) is 23.1 Å². The summed E-state index contributed by atoms with van der Waals surface area (Å²) < 4.78 is 30.3. The molecule has 1 N–H and O–H groups in total.